The Kier molecular flexibility index (Phi) is 5.67. The van der Waals surface area contributed by atoms with Crippen molar-refractivity contribution in [2.24, 2.45) is 0 Å². The molecule has 2 aromatic heterocycles. The number of hydrogen-bond acceptors (Lipinski definition) is 5. The summed E-state index contributed by atoms with van der Waals surface area (Å²) in [5.74, 6) is 0.247. The maximum atomic E-state index is 12.6. The van der Waals surface area contributed by atoms with Crippen molar-refractivity contribution < 1.29 is 13.2 Å². The van der Waals surface area contributed by atoms with Crippen molar-refractivity contribution in [2.75, 3.05) is 13.7 Å². The van der Waals surface area contributed by atoms with Crippen LogP contribution in [0, 0.1) is 6.92 Å². The van der Waals surface area contributed by atoms with Gasteiger partial charge in [0.25, 0.3) is 0 Å². The predicted molar refractivity (Wildman–Crippen MR) is 103 cm³/mol. The largest absolute Gasteiger partial charge is 0.495 e. The van der Waals surface area contributed by atoms with Gasteiger partial charge in [0.1, 0.15) is 16.3 Å². The van der Waals surface area contributed by atoms with Gasteiger partial charge in [0.05, 0.1) is 18.5 Å². The van der Waals surface area contributed by atoms with E-state index in [1.807, 2.05) is 30.5 Å². The minimum Gasteiger partial charge on any atom is -0.495 e. The van der Waals surface area contributed by atoms with Gasteiger partial charge in [-0.2, -0.15) is 5.10 Å². The number of sulfonamides is 1. The second kappa shape index (κ2) is 7.79. The van der Waals surface area contributed by atoms with E-state index in [4.69, 9.17) is 16.3 Å². The van der Waals surface area contributed by atoms with E-state index in [0.29, 0.717) is 11.6 Å². The lowest BCUT2D eigenvalue weighted by Gasteiger charge is -2.11. The topological polar surface area (TPSA) is 73.2 Å². The molecule has 0 atom stereocenters. The van der Waals surface area contributed by atoms with Crippen molar-refractivity contribution in [3.05, 3.63) is 52.5 Å². The lowest BCUT2D eigenvalue weighted by atomic mass is 10.3. The van der Waals surface area contributed by atoms with Crippen LogP contribution in [0.1, 0.15) is 5.69 Å². The molecule has 0 saturated heterocycles. The fraction of sp³-hybridized carbons (Fsp3) is 0.235. The summed E-state index contributed by atoms with van der Waals surface area (Å²) >= 11 is 7.54. The van der Waals surface area contributed by atoms with E-state index in [-0.39, 0.29) is 17.2 Å². The molecule has 6 nitrogen and oxygen atoms in total. The van der Waals surface area contributed by atoms with Gasteiger partial charge in [-0.25, -0.2) is 13.1 Å². The van der Waals surface area contributed by atoms with E-state index in [0.717, 1.165) is 16.3 Å². The molecule has 26 heavy (non-hydrogen) atoms. The van der Waals surface area contributed by atoms with Gasteiger partial charge < -0.3 is 4.74 Å². The summed E-state index contributed by atoms with van der Waals surface area (Å²) in [6, 6.07) is 10.4. The zero-order valence-electron chi connectivity index (χ0n) is 14.3. The van der Waals surface area contributed by atoms with Gasteiger partial charge in [0, 0.05) is 17.3 Å². The number of halogens is 1. The third-order valence-electron chi connectivity index (χ3n) is 3.79. The van der Waals surface area contributed by atoms with Gasteiger partial charge in [0.2, 0.25) is 10.0 Å². The number of nitrogens with zero attached hydrogens (tertiary/aromatic N) is 2. The maximum absolute atomic E-state index is 12.6. The highest BCUT2D eigenvalue weighted by atomic mass is 35.5. The monoisotopic (exact) mass is 411 g/mol. The minimum atomic E-state index is -3.74. The van der Waals surface area contributed by atoms with Crippen LogP contribution < -0.4 is 9.46 Å². The molecule has 0 aliphatic carbocycles. The normalized spacial score (nSPS) is 11.7. The van der Waals surface area contributed by atoms with Crippen LogP contribution >= 0.6 is 22.9 Å². The Morgan fingerprint density at radius 3 is 2.81 bits per heavy atom. The molecule has 3 rings (SSSR count). The number of benzene rings is 1. The van der Waals surface area contributed by atoms with Crippen molar-refractivity contribution in [1.82, 2.24) is 14.5 Å². The summed E-state index contributed by atoms with van der Waals surface area (Å²) in [6.07, 6.45) is 0. The van der Waals surface area contributed by atoms with Crippen molar-refractivity contribution in [3.8, 4) is 16.3 Å². The SMILES string of the molecule is COc1ccc(Cl)cc1S(=O)(=O)NCCn1nc(-c2cccs2)cc1C. The quantitative estimate of drug-likeness (QED) is 0.645. The number of aryl methyl sites for hydroxylation is 1. The fourth-order valence-electron chi connectivity index (χ4n) is 2.51. The first kappa shape index (κ1) is 18.9. The average molecular weight is 412 g/mol. The number of nitrogens with one attached hydrogen (secondary N) is 1. The number of rotatable bonds is 7. The number of methoxy groups -OCH3 is 1. The van der Waals surface area contributed by atoms with Crippen LogP contribution in [-0.2, 0) is 16.6 Å². The van der Waals surface area contributed by atoms with Crippen LogP contribution in [0.25, 0.3) is 10.6 Å². The van der Waals surface area contributed by atoms with Crippen LogP contribution in [-0.4, -0.2) is 31.9 Å². The molecule has 0 radical (unpaired) electrons. The molecule has 3 aromatic rings. The average Bonchev–Trinajstić information content (AvgIpc) is 3.25. The molecule has 0 fully saturated rings. The Balaban J connectivity index is 1.71. The van der Waals surface area contributed by atoms with Gasteiger partial charge in [0.15, 0.2) is 0 Å². The molecule has 0 unspecified atom stereocenters. The van der Waals surface area contributed by atoms with E-state index < -0.39 is 10.0 Å². The lowest BCUT2D eigenvalue weighted by Crippen LogP contribution is -2.28. The molecule has 138 valence electrons. The first-order chi connectivity index (χ1) is 12.4. The number of aromatic nitrogens is 2. The van der Waals surface area contributed by atoms with Crippen LogP contribution in [0.15, 0.2) is 46.7 Å². The number of thiophene rings is 1. The molecule has 9 heteroatoms. The van der Waals surface area contributed by atoms with Crippen molar-refractivity contribution in [3.63, 3.8) is 0 Å². The Bertz CT molecular complexity index is 998. The molecule has 0 aliphatic rings. The number of hydrogen-bond donors (Lipinski definition) is 1. The molecule has 0 bridgehead atoms. The van der Waals surface area contributed by atoms with Gasteiger partial charge in [-0.3, -0.25) is 4.68 Å². The van der Waals surface area contributed by atoms with Gasteiger partial charge in [-0.05, 0) is 42.6 Å². The molecular formula is C17H18ClN3O3S2. The van der Waals surface area contributed by atoms with E-state index in [1.165, 1.54) is 19.2 Å². The summed E-state index contributed by atoms with van der Waals surface area (Å²) in [4.78, 5) is 1.10. The molecular weight excluding hydrogens is 394 g/mol. The van der Waals surface area contributed by atoms with E-state index in [2.05, 4.69) is 9.82 Å². The first-order valence-electron chi connectivity index (χ1n) is 7.82. The predicted octanol–water partition coefficient (Wildman–Crippen LogP) is 3.56. The molecule has 0 amide bonds. The van der Waals surface area contributed by atoms with Gasteiger partial charge >= 0.3 is 0 Å². The zero-order chi connectivity index (χ0) is 18.7. The number of ether oxygens (including phenoxy) is 1. The van der Waals surface area contributed by atoms with E-state index in [9.17, 15) is 8.42 Å². The Morgan fingerprint density at radius 2 is 2.12 bits per heavy atom. The molecule has 1 N–H and O–H groups in total. The summed E-state index contributed by atoms with van der Waals surface area (Å²) < 4.78 is 34.6. The Hall–Kier alpha value is -1.87. The molecule has 0 aliphatic heterocycles. The Labute approximate surface area is 161 Å². The Morgan fingerprint density at radius 1 is 1.31 bits per heavy atom. The standard InChI is InChI=1S/C17H18ClN3O3S2/c1-12-10-14(16-4-3-9-25-16)20-21(12)8-7-19-26(22,23)17-11-13(18)5-6-15(17)24-2/h3-6,9-11,19H,7-8H2,1-2H3. The van der Waals surface area contributed by atoms with Crippen molar-refractivity contribution >= 4 is 33.0 Å². The lowest BCUT2D eigenvalue weighted by molar-refractivity contribution is 0.402. The van der Waals surface area contributed by atoms with Gasteiger partial charge in [-0.15, -0.1) is 11.3 Å². The fourth-order valence-corrected chi connectivity index (χ4v) is 4.64. The summed E-state index contributed by atoms with van der Waals surface area (Å²) in [5, 5.41) is 6.86. The zero-order valence-corrected chi connectivity index (χ0v) is 16.7. The third-order valence-corrected chi connectivity index (χ3v) is 6.40. The molecule has 1 aromatic carbocycles. The smallest absolute Gasteiger partial charge is 0.244 e. The first-order valence-corrected chi connectivity index (χ1v) is 10.6. The maximum Gasteiger partial charge on any atom is 0.244 e. The molecule has 0 saturated carbocycles. The highest BCUT2D eigenvalue weighted by Gasteiger charge is 2.20. The van der Waals surface area contributed by atoms with Gasteiger partial charge in [-0.1, -0.05) is 17.7 Å². The second-order valence-corrected chi connectivity index (χ2v) is 8.68. The van der Waals surface area contributed by atoms with E-state index >= 15 is 0 Å². The van der Waals surface area contributed by atoms with Crippen molar-refractivity contribution in [2.45, 2.75) is 18.4 Å². The van der Waals surface area contributed by atoms with Crippen LogP contribution in [0.2, 0.25) is 5.02 Å². The molecule has 2 heterocycles. The van der Waals surface area contributed by atoms with Crippen LogP contribution in [0.5, 0.6) is 5.75 Å². The summed E-state index contributed by atoms with van der Waals surface area (Å²) in [7, 11) is -2.33. The van der Waals surface area contributed by atoms with Crippen LogP contribution in [0.3, 0.4) is 0 Å². The highest BCUT2D eigenvalue weighted by Crippen LogP contribution is 2.27. The summed E-state index contributed by atoms with van der Waals surface area (Å²) in [5.41, 5.74) is 1.85. The second-order valence-electron chi connectivity index (χ2n) is 5.56. The van der Waals surface area contributed by atoms with Crippen LogP contribution in [0.4, 0.5) is 0 Å². The third kappa shape index (κ3) is 4.09. The minimum absolute atomic E-state index is 0.0176. The van der Waals surface area contributed by atoms with E-state index in [1.54, 1.807) is 22.1 Å². The highest BCUT2D eigenvalue weighted by molar-refractivity contribution is 7.89. The molecule has 0 spiro atoms. The van der Waals surface area contributed by atoms with Crippen molar-refractivity contribution in [1.29, 1.82) is 0 Å². The summed E-state index contributed by atoms with van der Waals surface area (Å²) in [6.45, 7) is 2.56.